The lowest BCUT2D eigenvalue weighted by Crippen LogP contribution is -2.23. The molecule has 0 saturated heterocycles. The summed E-state index contributed by atoms with van der Waals surface area (Å²) in [5, 5.41) is 0. The van der Waals surface area contributed by atoms with Crippen molar-refractivity contribution < 1.29 is 19.1 Å². The van der Waals surface area contributed by atoms with Crippen LogP contribution in [0.4, 0.5) is 0 Å². The van der Waals surface area contributed by atoms with E-state index in [4.69, 9.17) is 9.47 Å². The SMILES string of the molecule is C[B]c1ccc(C(=O)OCC)cc1C(=O)OCC. The predicted molar refractivity (Wildman–Crippen MR) is 69.6 cm³/mol. The van der Waals surface area contributed by atoms with Gasteiger partial charge in [0.05, 0.1) is 24.3 Å². The summed E-state index contributed by atoms with van der Waals surface area (Å²) >= 11 is 0. The first-order valence-corrected chi connectivity index (χ1v) is 5.91. The van der Waals surface area contributed by atoms with Gasteiger partial charge in [-0.05, 0) is 26.0 Å². The van der Waals surface area contributed by atoms with Crippen LogP contribution in [0.3, 0.4) is 0 Å². The molecule has 0 aliphatic carbocycles. The van der Waals surface area contributed by atoms with Gasteiger partial charge in [0, 0.05) is 0 Å². The van der Waals surface area contributed by atoms with Gasteiger partial charge >= 0.3 is 11.9 Å². The van der Waals surface area contributed by atoms with Gasteiger partial charge in [0.2, 0.25) is 0 Å². The number of carbonyl (C=O) groups excluding carboxylic acids is 2. The number of ether oxygens (including phenoxy) is 2. The second-order valence-electron chi connectivity index (χ2n) is 3.53. The van der Waals surface area contributed by atoms with Crippen molar-refractivity contribution in [3.63, 3.8) is 0 Å². The van der Waals surface area contributed by atoms with Crippen LogP contribution >= 0.6 is 0 Å². The summed E-state index contributed by atoms with van der Waals surface area (Å²) < 4.78 is 9.85. The maximum atomic E-state index is 11.8. The van der Waals surface area contributed by atoms with Gasteiger partial charge in [-0.1, -0.05) is 18.4 Å². The molecule has 18 heavy (non-hydrogen) atoms. The van der Waals surface area contributed by atoms with E-state index in [2.05, 4.69) is 0 Å². The smallest absolute Gasteiger partial charge is 0.338 e. The summed E-state index contributed by atoms with van der Waals surface area (Å²) in [6.45, 7) is 5.89. The average molecular weight is 247 g/mol. The van der Waals surface area contributed by atoms with Crippen LogP contribution in [0.5, 0.6) is 0 Å². The molecule has 0 atom stereocenters. The summed E-state index contributed by atoms with van der Waals surface area (Å²) in [4.78, 5) is 23.4. The highest BCUT2D eigenvalue weighted by molar-refractivity contribution is 6.54. The monoisotopic (exact) mass is 247 g/mol. The molecule has 0 N–H and O–H groups in total. The Morgan fingerprint density at radius 1 is 1.11 bits per heavy atom. The maximum Gasteiger partial charge on any atom is 0.338 e. The topological polar surface area (TPSA) is 52.6 Å². The van der Waals surface area contributed by atoms with E-state index in [0.717, 1.165) is 5.46 Å². The highest BCUT2D eigenvalue weighted by atomic mass is 16.5. The van der Waals surface area contributed by atoms with Crippen LogP contribution in [0.2, 0.25) is 6.82 Å². The van der Waals surface area contributed by atoms with Crippen LogP contribution < -0.4 is 5.46 Å². The van der Waals surface area contributed by atoms with Crippen molar-refractivity contribution in [2.24, 2.45) is 0 Å². The Balaban J connectivity index is 3.09. The number of hydrogen-bond acceptors (Lipinski definition) is 4. The van der Waals surface area contributed by atoms with E-state index in [1.807, 2.05) is 6.82 Å². The highest BCUT2D eigenvalue weighted by Gasteiger charge is 2.15. The van der Waals surface area contributed by atoms with Gasteiger partial charge in [-0.2, -0.15) is 0 Å². The van der Waals surface area contributed by atoms with Gasteiger partial charge in [0.25, 0.3) is 0 Å². The Labute approximate surface area is 108 Å². The number of carbonyl (C=O) groups is 2. The lowest BCUT2D eigenvalue weighted by molar-refractivity contribution is 0.0526. The maximum absolute atomic E-state index is 11.8. The molecule has 0 saturated carbocycles. The molecule has 0 aromatic heterocycles. The van der Waals surface area contributed by atoms with E-state index in [0.29, 0.717) is 24.3 Å². The Kier molecular flexibility index (Phi) is 5.43. The molecule has 5 heteroatoms. The molecule has 1 aromatic carbocycles. The lowest BCUT2D eigenvalue weighted by atomic mass is 9.70. The van der Waals surface area contributed by atoms with Gasteiger partial charge < -0.3 is 9.47 Å². The first-order chi connectivity index (χ1) is 8.63. The molecule has 95 valence electrons. The standard InChI is InChI=1S/C13H16BO4/c1-4-17-12(15)9-6-7-11(14-3)10(8-9)13(16)18-5-2/h6-8H,4-5H2,1-3H3. The molecular weight excluding hydrogens is 231 g/mol. The molecule has 0 fully saturated rings. The van der Waals surface area contributed by atoms with E-state index in [9.17, 15) is 9.59 Å². The molecule has 0 amide bonds. The van der Waals surface area contributed by atoms with Crippen molar-refractivity contribution in [3.8, 4) is 0 Å². The second kappa shape index (κ2) is 6.84. The van der Waals surface area contributed by atoms with Crippen molar-refractivity contribution >= 4 is 24.7 Å². The Morgan fingerprint density at radius 2 is 1.72 bits per heavy atom. The third-order valence-electron chi connectivity index (χ3n) is 2.37. The third kappa shape index (κ3) is 3.36. The van der Waals surface area contributed by atoms with Crippen LogP contribution in [0.1, 0.15) is 34.6 Å². The molecule has 0 aliphatic rings. The minimum atomic E-state index is -0.439. The third-order valence-corrected chi connectivity index (χ3v) is 2.37. The minimum absolute atomic E-state index is 0.297. The molecule has 0 spiro atoms. The average Bonchev–Trinajstić information content (AvgIpc) is 2.38. The molecule has 0 aliphatic heterocycles. The first-order valence-electron chi connectivity index (χ1n) is 5.91. The molecule has 1 radical (unpaired) electrons. The Morgan fingerprint density at radius 3 is 2.28 bits per heavy atom. The molecule has 0 heterocycles. The molecule has 1 rings (SSSR count). The summed E-state index contributed by atoms with van der Waals surface area (Å²) in [5.41, 5.74) is 1.47. The molecule has 0 unspecified atom stereocenters. The van der Waals surface area contributed by atoms with E-state index < -0.39 is 11.9 Å². The van der Waals surface area contributed by atoms with Crippen molar-refractivity contribution in [2.45, 2.75) is 20.7 Å². The normalized spacial score (nSPS) is 9.72. The van der Waals surface area contributed by atoms with E-state index in [-0.39, 0.29) is 0 Å². The summed E-state index contributed by atoms with van der Waals surface area (Å²) in [7, 11) is 1.79. The second-order valence-corrected chi connectivity index (χ2v) is 3.53. The van der Waals surface area contributed by atoms with Gasteiger partial charge in [-0.25, -0.2) is 9.59 Å². The minimum Gasteiger partial charge on any atom is -0.462 e. The van der Waals surface area contributed by atoms with E-state index in [1.54, 1.807) is 33.3 Å². The zero-order valence-electron chi connectivity index (χ0n) is 10.9. The molecule has 0 bridgehead atoms. The first kappa shape index (κ1) is 14.3. The van der Waals surface area contributed by atoms with Crippen LogP contribution in [-0.2, 0) is 9.47 Å². The fourth-order valence-corrected chi connectivity index (χ4v) is 1.54. The number of benzene rings is 1. The van der Waals surface area contributed by atoms with Crippen molar-refractivity contribution in [3.05, 3.63) is 29.3 Å². The predicted octanol–water partition coefficient (Wildman–Crippen LogP) is 1.42. The molecular formula is C13H16BO4. The zero-order chi connectivity index (χ0) is 13.5. The lowest BCUT2D eigenvalue weighted by Gasteiger charge is -2.09. The fraction of sp³-hybridized carbons (Fsp3) is 0.385. The summed E-state index contributed by atoms with van der Waals surface area (Å²) in [6, 6.07) is 4.85. The van der Waals surface area contributed by atoms with Crippen molar-refractivity contribution in [1.29, 1.82) is 0 Å². The summed E-state index contributed by atoms with van der Waals surface area (Å²) in [6.07, 6.45) is 0. The molecule has 4 nitrogen and oxygen atoms in total. The number of hydrogen-bond donors (Lipinski definition) is 0. The van der Waals surface area contributed by atoms with Crippen molar-refractivity contribution in [2.75, 3.05) is 13.2 Å². The van der Waals surface area contributed by atoms with Crippen LogP contribution in [-0.4, -0.2) is 32.4 Å². The number of esters is 2. The van der Waals surface area contributed by atoms with Crippen LogP contribution in [0.15, 0.2) is 18.2 Å². The highest BCUT2D eigenvalue weighted by Crippen LogP contribution is 2.07. The zero-order valence-corrected chi connectivity index (χ0v) is 10.9. The summed E-state index contributed by atoms with van der Waals surface area (Å²) in [5.74, 6) is -0.873. The number of rotatable bonds is 5. The van der Waals surface area contributed by atoms with E-state index in [1.165, 1.54) is 6.07 Å². The Hall–Kier alpha value is -1.78. The fourth-order valence-electron chi connectivity index (χ4n) is 1.54. The Bertz CT molecular complexity index is 443. The van der Waals surface area contributed by atoms with Gasteiger partial charge in [-0.3, -0.25) is 0 Å². The largest absolute Gasteiger partial charge is 0.462 e. The van der Waals surface area contributed by atoms with Crippen LogP contribution in [0.25, 0.3) is 0 Å². The van der Waals surface area contributed by atoms with Gasteiger partial charge in [-0.15, -0.1) is 0 Å². The van der Waals surface area contributed by atoms with Crippen molar-refractivity contribution in [1.82, 2.24) is 0 Å². The van der Waals surface area contributed by atoms with Gasteiger partial charge in [0.15, 0.2) is 0 Å². The van der Waals surface area contributed by atoms with Gasteiger partial charge in [0.1, 0.15) is 7.28 Å². The molecule has 1 aromatic rings. The quantitative estimate of drug-likeness (QED) is 0.583. The van der Waals surface area contributed by atoms with Crippen LogP contribution in [0, 0.1) is 0 Å². The van der Waals surface area contributed by atoms with E-state index >= 15 is 0 Å².